The number of aryl methyl sites for hydroxylation is 1. The van der Waals surface area contributed by atoms with E-state index < -0.39 is 0 Å². The standard InChI is InChI=1S/C28H22ClN3OS/c1-19-7-9-20(10-8-19)24-17-26(21-5-3-2-4-6-21)32-28(25(24)18-30)34-16-15-27(33)31-23-13-11-22(29)12-14-23/h2-14,17H,15-16H2,1H3,(H,31,33). The van der Waals surface area contributed by atoms with Crippen molar-refractivity contribution in [3.8, 4) is 28.5 Å². The van der Waals surface area contributed by atoms with E-state index in [9.17, 15) is 10.1 Å². The lowest BCUT2D eigenvalue weighted by Crippen LogP contribution is -2.12. The molecule has 1 amide bonds. The van der Waals surface area contributed by atoms with Crippen molar-refractivity contribution in [2.75, 3.05) is 11.1 Å². The van der Waals surface area contributed by atoms with Crippen molar-refractivity contribution in [2.24, 2.45) is 0 Å². The molecule has 34 heavy (non-hydrogen) atoms. The lowest BCUT2D eigenvalue weighted by Gasteiger charge is -2.13. The summed E-state index contributed by atoms with van der Waals surface area (Å²) in [4.78, 5) is 17.2. The second kappa shape index (κ2) is 11.0. The summed E-state index contributed by atoms with van der Waals surface area (Å²) >= 11 is 7.32. The van der Waals surface area contributed by atoms with E-state index in [0.717, 1.165) is 27.9 Å². The zero-order valence-corrected chi connectivity index (χ0v) is 20.2. The van der Waals surface area contributed by atoms with Crippen LogP contribution in [0, 0.1) is 18.3 Å². The van der Waals surface area contributed by atoms with Gasteiger partial charge in [-0.2, -0.15) is 5.26 Å². The molecule has 4 rings (SSSR count). The third-order valence-corrected chi connectivity index (χ3v) is 6.46. The summed E-state index contributed by atoms with van der Waals surface area (Å²) in [7, 11) is 0. The van der Waals surface area contributed by atoms with Gasteiger partial charge in [-0.1, -0.05) is 71.8 Å². The number of halogens is 1. The molecular weight excluding hydrogens is 462 g/mol. The Morgan fingerprint density at radius 1 is 1.00 bits per heavy atom. The number of carbonyl (C=O) groups is 1. The minimum absolute atomic E-state index is 0.105. The van der Waals surface area contributed by atoms with Gasteiger partial charge < -0.3 is 5.32 Å². The molecule has 0 saturated heterocycles. The first kappa shape index (κ1) is 23.6. The van der Waals surface area contributed by atoms with E-state index in [1.54, 1.807) is 24.3 Å². The van der Waals surface area contributed by atoms with Gasteiger partial charge in [-0.25, -0.2) is 4.98 Å². The predicted octanol–water partition coefficient (Wildman–Crippen LogP) is 7.37. The van der Waals surface area contributed by atoms with Crippen LogP contribution in [0.15, 0.2) is 90.0 Å². The number of carbonyl (C=O) groups excluding carboxylic acids is 1. The van der Waals surface area contributed by atoms with Crippen LogP contribution >= 0.6 is 23.4 Å². The van der Waals surface area contributed by atoms with Crippen molar-refractivity contribution in [1.29, 1.82) is 5.26 Å². The largest absolute Gasteiger partial charge is 0.326 e. The lowest BCUT2D eigenvalue weighted by atomic mass is 9.98. The summed E-state index contributed by atoms with van der Waals surface area (Å²) in [6.45, 7) is 2.04. The monoisotopic (exact) mass is 483 g/mol. The molecule has 0 bridgehead atoms. The smallest absolute Gasteiger partial charge is 0.225 e. The number of anilines is 1. The molecule has 3 aromatic carbocycles. The normalized spacial score (nSPS) is 10.5. The van der Waals surface area contributed by atoms with E-state index in [2.05, 4.69) is 11.4 Å². The van der Waals surface area contributed by atoms with E-state index in [1.165, 1.54) is 11.8 Å². The highest BCUT2D eigenvalue weighted by molar-refractivity contribution is 7.99. The number of pyridine rings is 1. The van der Waals surface area contributed by atoms with Crippen LogP contribution < -0.4 is 5.32 Å². The number of aromatic nitrogens is 1. The number of thioether (sulfide) groups is 1. The fourth-order valence-electron chi connectivity index (χ4n) is 3.45. The number of rotatable bonds is 7. The molecule has 168 valence electrons. The molecule has 6 heteroatoms. The third kappa shape index (κ3) is 5.85. The summed E-state index contributed by atoms with van der Waals surface area (Å²) in [6.07, 6.45) is 0.287. The van der Waals surface area contributed by atoms with Crippen molar-refractivity contribution in [1.82, 2.24) is 4.98 Å². The van der Waals surface area contributed by atoms with E-state index in [4.69, 9.17) is 16.6 Å². The van der Waals surface area contributed by atoms with Crippen LogP contribution in [-0.4, -0.2) is 16.6 Å². The van der Waals surface area contributed by atoms with Gasteiger partial charge >= 0.3 is 0 Å². The number of nitriles is 1. The molecule has 0 aliphatic heterocycles. The first-order valence-electron chi connectivity index (χ1n) is 10.8. The van der Waals surface area contributed by atoms with Gasteiger partial charge in [0.05, 0.1) is 11.3 Å². The molecule has 4 aromatic rings. The second-order valence-corrected chi connectivity index (χ2v) is 9.25. The highest BCUT2D eigenvalue weighted by atomic mass is 35.5. The van der Waals surface area contributed by atoms with Crippen LogP contribution in [0.3, 0.4) is 0 Å². The highest BCUT2D eigenvalue weighted by Crippen LogP contribution is 2.34. The lowest BCUT2D eigenvalue weighted by molar-refractivity contribution is -0.115. The first-order chi connectivity index (χ1) is 16.5. The molecule has 0 unspecified atom stereocenters. The summed E-state index contributed by atoms with van der Waals surface area (Å²) in [5.74, 6) is 0.387. The van der Waals surface area contributed by atoms with Gasteiger partial charge in [0.1, 0.15) is 11.1 Å². The van der Waals surface area contributed by atoms with E-state index in [1.807, 2.05) is 67.6 Å². The minimum Gasteiger partial charge on any atom is -0.326 e. The Hall–Kier alpha value is -3.59. The zero-order valence-electron chi connectivity index (χ0n) is 18.6. The molecule has 0 fully saturated rings. The topological polar surface area (TPSA) is 65.8 Å². The molecular formula is C28H22ClN3OS. The molecule has 0 atom stereocenters. The minimum atomic E-state index is -0.105. The summed E-state index contributed by atoms with van der Waals surface area (Å²) < 4.78 is 0. The van der Waals surface area contributed by atoms with Crippen LogP contribution in [0.5, 0.6) is 0 Å². The van der Waals surface area contributed by atoms with Crippen molar-refractivity contribution in [3.05, 3.63) is 101 Å². The maximum Gasteiger partial charge on any atom is 0.225 e. The number of benzene rings is 3. The Kier molecular flexibility index (Phi) is 7.64. The highest BCUT2D eigenvalue weighted by Gasteiger charge is 2.16. The van der Waals surface area contributed by atoms with Crippen molar-refractivity contribution >= 4 is 35.0 Å². The van der Waals surface area contributed by atoms with Gasteiger partial charge in [0.25, 0.3) is 0 Å². The van der Waals surface area contributed by atoms with Crippen molar-refractivity contribution in [2.45, 2.75) is 18.4 Å². The maximum absolute atomic E-state index is 12.4. The van der Waals surface area contributed by atoms with Gasteiger partial charge in [0, 0.05) is 34.0 Å². The quantitative estimate of drug-likeness (QED) is 0.279. The van der Waals surface area contributed by atoms with E-state index in [-0.39, 0.29) is 12.3 Å². The fraction of sp³-hybridized carbons (Fsp3) is 0.107. The average Bonchev–Trinajstić information content (AvgIpc) is 2.86. The molecule has 0 aliphatic rings. The van der Waals surface area contributed by atoms with Crippen molar-refractivity contribution < 1.29 is 4.79 Å². The molecule has 0 radical (unpaired) electrons. The molecule has 0 saturated carbocycles. The van der Waals surface area contributed by atoms with Gasteiger partial charge in [0.2, 0.25) is 5.91 Å². The zero-order chi connectivity index (χ0) is 23.9. The van der Waals surface area contributed by atoms with Crippen LogP contribution in [0.2, 0.25) is 5.02 Å². The third-order valence-electron chi connectivity index (χ3n) is 5.23. The van der Waals surface area contributed by atoms with Gasteiger partial charge in [-0.15, -0.1) is 11.8 Å². The van der Waals surface area contributed by atoms with Gasteiger partial charge in [-0.05, 0) is 42.8 Å². The van der Waals surface area contributed by atoms with Crippen LogP contribution in [0.4, 0.5) is 5.69 Å². The van der Waals surface area contributed by atoms with E-state index in [0.29, 0.717) is 27.1 Å². The number of nitrogens with one attached hydrogen (secondary N) is 1. The maximum atomic E-state index is 12.4. The van der Waals surface area contributed by atoms with Crippen LogP contribution in [-0.2, 0) is 4.79 Å². The van der Waals surface area contributed by atoms with Crippen LogP contribution in [0.25, 0.3) is 22.4 Å². The first-order valence-corrected chi connectivity index (χ1v) is 12.2. The molecule has 1 aromatic heterocycles. The molecule has 1 heterocycles. The molecule has 0 spiro atoms. The summed E-state index contributed by atoms with van der Waals surface area (Å²) in [5.41, 5.74) is 5.94. The molecule has 0 aliphatic carbocycles. The van der Waals surface area contributed by atoms with Crippen molar-refractivity contribution in [3.63, 3.8) is 0 Å². The number of hydrogen-bond donors (Lipinski definition) is 1. The Morgan fingerprint density at radius 2 is 1.71 bits per heavy atom. The number of hydrogen-bond acceptors (Lipinski definition) is 4. The molecule has 1 N–H and O–H groups in total. The van der Waals surface area contributed by atoms with E-state index >= 15 is 0 Å². The van der Waals surface area contributed by atoms with Gasteiger partial charge in [-0.3, -0.25) is 4.79 Å². The fourth-order valence-corrected chi connectivity index (χ4v) is 4.52. The number of amides is 1. The average molecular weight is 484 g/mol. The molecule has 4 nitrogen and oxygen atoms in total. The Balaban J connectivity index is 1.59. The second-order valence-electron chi connectivity index (χ2n) is 7.73. The predicted molar refractivity (Wildman–Crippen MR) is 140 cm³/mol. The Labute approximate surface area is 208 Å². The summed E-state index contributed by atoms with van der Waals surface area (Å²) in [5, 5.41) is 14.1. The van der Waals surface area contributed by atoms with Crippen LogP contribution in [0.1, 0.15) is 17.5 Å². The van der Waals surface area contributed by atoms with Gasteiger partial charge in [0.15, 0.2) is 0 Å². The summed E-state index contributed by atoms with van der Waals surface area (Å²) in [6, 6.07) is 29.3. The number of nitrogens with zero attached hydrogens (tertiary/aromatic N) is 2. The Bertz CT molecular complexity index is 1330. The Morgan fingerprint density at radius 3 is 2.38 bits per heavy atom. The SMILES string of the molecule is Cc1ccc(-c2cc(-c3ccccc3)nc(SCCC(=O)Nc3ccc(Cl)cc3)c2C#N)cc1.